The van der Waals surface area contributed by atoms with Crippen LogP contribution in [0.3, 0.4) is 0 Å². The molecule has 0 unspecified atom stereocenters. The fraction of sp³-hybridized carbons (Fsp3) is 0.364. The average Bonchev–Trinajstić information content (AvgIpc) is 2.73. The minimum Gasteiger partial charge on any atom is -0.497 e. The third-order valence-corrected chi connectivity index (χ3v) is 4.98. The van der Waals surface area contributed by atoms with E-state index in [1.807, 2.05) is 30.3 Å². The molecule has 27 heavy (non-hydrogen) atoms. The molecule has 5 heteroatoms. The Balaban J connectivity index is 1.56. The van der Waals surface area contributed by atoms with Crippen molar-refractivity contribution in [2.75, 3.05) is 12.4 Å². The molecule has 0 bridgehead atoms. The van der Waals surface area contributed by atoms with Crippen LogP contribution in [0.1, 0.15) is 48.0 Å². The number of benzene rings is 2. The lowest BCUT2D eigenvalue weighted by molar-refractivity contribution is -0.120. The van der Waals surface area contributed by atoms with Gasteiger partial charge in [0.1, 0.15) is 5.75 Å². The van der Waals surface area contributed by atoms with Crippen LogP contribution in [-0.4, -0.2) is 18.9 Å². The van der Waals surface area contributed by atoms with Crippen LogP contribution in [0.5, 0.6) is 5.75 Å². The lowest BCUT2D eigenvalue weighted by atomic mass is 9.88. The van der Waals surface area contributed by atoms with Gasteiger partial charge in [0.25, 0.3) is 5.91 Å². The first-order valence-electron chi connectivity index (χ1n) is 9.48. The molecule has 1 aliphatic carbocycles. The Morgan fingerprint density at radius 1 is 1.04 bits per heavy atom. The molecule has 2 amide bonds. The summed E-state index contributed by atoms with van der Waals surface area (Å²) in [5, 5.41) is 5.86. The topological polar surface area (TPSA) is 67.4 Å². The van der Waals surface area contributed by atoms with Gasteiger partial charge in [-0.15, -0.1) is 0 Å². The predicted octanol–water partition coefficient (Wildman–Crippen LogP) is 4.14. The van der Waals surface area contributed by atoms with Crippen molar-refractivity contribution >= 4 is 17.5 Å². The second kappa shape index (κ2) is 9.21. The Labute approximate surface area is 160 Å². The molecule has 2 aromatic carbocycles. The molecule has 5 nitrogen and oxygen atoms in total. The summed E-state index contributed by atoms with van der Waals surface area (Å²) < 4.78 is 5.13. The molecule has 0 aliphatic heterocycles. The molecule has 0 atom stereocenters. The number of carbonyl (C=O) groups is 2. The third kappa shape index (κ3) is 5.33. The standard InChI is InChI=1S/C22H26N2O3/c1-27-20-12-10-16(11-13-20)15-23-21(25)18-8-5-9-19(14-18)24-22(26)17-6-3-2-4-7-17/h5,8-14,17H,2-4,6-7,15H2,1H3,(H,23,25)(H,24,26). The Morgan fingerprint density at radius 2 is 1.78 bits per heavy atom. The van der Waals surface area contributed by atoms with Crippen LogP contribution in [-0.2, 0) is 11.3 Å². The predicted molar refractivity (Wildman–Crippen MR) is 106 cm³/mol. The van der Waals surface area contributed by atoms with Crippen LogP contribution in [0.2, 0.25) is 0 Å². The summed E-state index contributed by atoms with van der Waals surface area (Å²) in [6.45, 7) is 0.432. The molecule has 2 N–H and O–H groups in total. The molecule has 142 valence electrons. The van der Waals surface area contributed by atoms with E-state index in [1.165, 1.54) is 6.42 Å². The summed E-state index contributed by atoms with van der Waals surface area (Å²) >= 11 is 0. The molecular weight excluding hydrogens is 340 g/mol. The van der Waals surface area contributed by atoms with E-state index in [9.17, 15) is 9.59 Å². The quantitative estimate of drug-likeness (QED) is 0.807. The second-order valence-electron chi connectivity index (χ2n) is 6.94. The number of hydrogen-bond acceptors (Lipinski definition) is 3. The first kappa shape index (κ1) is 19.0. The number of ether oxygens (including phenoxy) is 1. The largest absolute Gasteiger partial charge is 0.497 e. The summed E-state index contributed by atoms with van der Waals surface area (Å²) in [5.74, 6) is 0.767. The molecule has 0 heterocycles. The van der Waals surface area contributed by atoms with Crippen LogP contribution in [0.25, 0.3) is 0 Å². The Hall–Kier alpha value is -2.82. The van der Waals surface area contributed by atoms with Gasteiger partial charge in [0.15, 0.2) is 0 Å². The average molecular weight is 366 g/mol. The van der Waals surface area contributed by atoms with E-state index in [4.69, 9.17) is 4.74 Å². The monoisotopic (exact) mass is 366 g/mol. The van der Waals surface area contributed by atoms with Crippen molar-refractivity contribution in [3.05, 3.63) is 59.7 Å². The molecule has 3 rings (SSSR count). The number of amides is 2. The van der Waals surface area contributed by atoms with Gasteiger partial charge in [-0.05, 0) is 48.7 Å². The molecule has 0 spiro atoms. The Morgan fingerprint density at radius 3 is 2.48 bits per heavy atom. The highest BCUT2D eigenvalue weighted by Crippen LogP contribution is 2.25. The van der Waals surface area contributed by atoms with Gasteiger partial charge in [-0.1, -0.05) is 37.5 Å². The SMILES string of the molecule is COc1ccc(CNC(=O)c2cccc(NC(=O)C3CCCCC3)c2)cc1. The van der Waals surface area contributed by atoms with Crippen molar-refractivity contribution in [3.8, 4) is 5.75 Å². The summed E-state index contributed by atoms with van der Waals surface area (Å²) in [6, 6.07) is 14.6. The maximum Gasteiger partial charge on any atom is 0.251 e. The van der Waals surface area contributed by atoms with Crippen LogP contribution in [0.4, 0.5) is 5.69 Å². The molecule has 0 aromatic heterocycles. The zero-order valence-corrected chi connectivity index (χ0v) is 15.7. The summed E-state index contributed by atoms with van der Waals surface area (Å²) in [6.07, 6.45) is 5.35. The molecule has 1 saturated carbocycles. The van der Waals surface area contributed by atoms with E-state index in [1.54, 1.807) is 25.3 Å². The van der Waals surface area contributed by atoms with Crippen LogP contribution >= 0.6 is 0 Å². The lowest BCUT2D eigenvalue weighted by Gasteiger charge is -2.20. The molecule has 1 aliphatic rings. The van der Waals surface area contributed by atoms with Crippen molar-refractivity contribution in [3.63, 3.8) is 0 Å². The number of anilines is 1. The molecule has 0 radical (unpaired) electrons. The first-order valence-corrected chi connectivity index (χ1v) is 9.48. The zero-order chi connectivity index (χ0) is 19.1. The molecule has 1 fully saturated rings. The highest BCUT2D eigenvalue weighted by Gasteiger charge is 2.21. The van der Waals surface area contributed by atoms with Gasteiger partial charge in [0.05, 0.1) is 7.11 Å². The van der Waals surface area contributed by atoms with Gasteiger partial charge in [0.2, 0.25) is 5.91 Å². The Bertz CT molecular complexity index is 780. The van der Waals surface area contributed by atoms with E-state index < -0.39 is 0 Å². The van der Waals surface area contributed by atoms with Crippen LogP contribution in [0.15, 0.2) is 48.5 Å². The van der Waals surface area contributed by atoms with Crippen molar-refractivity contribution in [2.45, 2.75) is 38.6 Å². The summed E-state index contributed by atoms with van der Waals surface area (Å²) in [5.41, 5.74) is 2.19. The number of methoxy groups -OCH3 is 1. The summed E-state index contributed by atoms with van der Waals surface area (Å²) in [4.78, 5) is 24.8. The van der Waals surface area contributed by atoms with E-state index in [0.29, 0.717) is 17.8 Å². The number of nitrogens with one attached hydrogen (secondary N) is 2. The minimum atomic E-state index is -0.167. The molecular formula is C22H26N2O3. The normalized spacial score (nSPS) is 14.4. The van der Waals surface area contributed by atoms with Gasteiger partial charge in [0, 0.05) is 23.7 Å². The highest BCUT2D eigenvalue weighted by molar-refractivity contribution is 5.97. The number of hydrogen-bond donors (Lipinski definition) is 2. The van der Waals surface area contributed by atoms with Gasteiger partial charge in [-0.2, -0.15) is 0 Å². The van der Waals surface area contributed by atoms with E-state index in [0.717, 1.165) is 37.0 Å². The van der Waals surface area contributed by atoms with Crippen molar-refractivity contribution in [1.82, 2.24) is 5.32 Å². The van der Waals surface area contributed by atoms with Gasteiger partial charge >= 0.3 is 0 Å². The van der Waals surface area contributed by atoms with E-state index in [-0.39, 0.29) is 17.7 Å². The van der Waals surface area contributed by atoms with Crippen LogP contribution < -0.4 is 15.4 Å². The van der Waals surface area contributed by atoms with Gasteiger partial charge < -0.3 is 15.4 Å². The fourth-order valence-electron chi connectivity index (χ4n) is 3.38. The smallest absolute Gasteiger partial charge is 0.251 e. The second-order valence-corrected chi connectivity index (χ2v) is 6.94. The lowest BCUT2D eigenvalue weighted by Crippen LogP contribution is -2.25. The van der Waals surface area contributed by atoms with E-state index in [2.05, 4.69) is 10.6 Å². The van der Waals surface area contributed by atoms with Crippen molar-refractivity contribution in [2.24, 2.45) is 5.92 Å². The molecule has 0 saturated heterocycles. The Kier molecular flexibility index (Phi) is 6.47. The van der Waals surface area contributed by atoms with Gasteiger partial charge in [-0.25, -0.2) is 0 Å². The van der Waals surface area contributed by atoms with Crippen LogP contribution in [0, 0.1) is 5.92 Å². The number of rotatable bonds is 6. The minimum absolute atomic E-state index is 0.0606. The first-order chi connectivity index (χ1) is 13.2. The van der Waals surface area contributed by atoms with Crippen molar-refractivity contribution in [1.29, 1.82) is 0 Å². The van der Waals surface area contributed by atoms with Crippen molar-refractivity contribution < 1.29 is 14.3 Å². The fourth-order valence-corrected chi connectivity index (χ4v) is 3.38. The highest BCUT2D eigenvalue weighted by atomic mass is 16.5. The third-order valence-electron chi connectivity index (χ3n) is 4.98. The summed E-state index contributed by atoms with van der Waals surface area (Å²) in [7, 11) is 1.62. The number of carbonyl (C=O) groups excluding carboxylic acids is 2. The maximum absolute atomic E-state index is 12.4. The van der Waals surface area contributed by atoms with E-state index >= 15 is 0 Å². The maximum atomic E-state index is 12.4. The zero-order valence-electron chi connectivity index (χ0n) is 15.7. The molecule has 2 aromatic rings. The van der Waals surface area contributed by atoms with Gasteiger partial charge in [-0.3, -0.25) is 9.59 Å².